The SMILES string of the molecule is C[C@@H](C(=O)Nc1cccc(F)c1)N1CCCc2ccccc21. The highest BCUT2D eigenvalue weighted by molar-refractivity contribution is 5.96. The van der Waals surface area contributed by atoms with Crippen molar-refractivity contribution in [2.75, 3.05) is 16.8 Å². The van der Waals surface area contributed by atoms with Crippen LogP contribution < -0.4 is 10.2 Å². The van der Waals surface area contributed by atoms with Crippen molar-refractivity contribution in [2.45, 2.75) is 25.8 Å². The minimum Gasteiger partial charge on any atom is -0.360 e. The maximum absolute atomic E-state index is 13.2. The van der Waals surface area contributed by atoms with Crippen molar-refractivity contribution in [3.8, 4) is 0 Å². The highest BCUT2D eigenvalue weighted by Crippen LogP contribution is 2.28. The average Bonchev–Trinajstić information content (AvgIpc) is 2.53. The number of fused-ring (bicyclic) bond motifs is 1. The molecule has 4 heteroatoms. The van der Waals surface area contributed by atoms with Crippen LogP contribution in [0.2, 0.25) is 0 Å². The molecule has 0 unspecified atom stereocenters. The molecule has 114 valence electrons. The number of anilines is 2. The van der Waals surface area contributed by atoms with Crippen LogP contribution in [0.25, 0.3) is 0 Å². The zero-order valence-corrected chi connectivity index (χ0v) is 12.6. The summed E-state index contributed by atoms with van der Waals surface area (Å²) < 4.78 is 13.2. The number of carbonyl (C=O) groups excluding carboxylic acids is 1. The first-order chi connectivity index (χ1) is 10.6. The Hall–Kier alpha value is -2.36. The van der Waals surface area contributed by atoms with E-state index < -0.39 is 0 Å². The highest BCUT2D eigenvalue weighted by atomic mass is 19.1. The first-order valence-electron chi connectivity index (χ1n) is 7.56. The number of hydrogen-bond acceptors (Lipinski definition) is 2. The second-order valence-electron chi connectivity index (χ2n) is 5.60. The number of nitrogens with zero attached hydrogens (tertiary/aromatic N) is 1. The van der Waals surface area contributed by atoms with Gasteiger partial charge in [0.1, 0.15) is 11.9 Å². The number of para-hydroxylation sites is 1. The Balaban J connectivity index is 1.77. The minimum absolute atomic E-state index is 0.123. The van der Waals surface area contributed by atoms with E-state index in [0.29, 0.717) is 5.69 Å². The van der Waals surface area contributed by atoms with Gasteiger partial charge in [-0.2, -0.15) is 0 Å². The number of amides is 1. The fraction of sp³-hybridized carbons (Fsp3) is 0.278. The van der Waals surface area contributed by atoms with E-state index >= 15 is 0 Å². The van der Waals surface area contributed by atoms with Crippen LogP contribution in [0.15, 0.2) is 48.5 Å². The molecule has 0 radical (unpaired) electrons. The van der Waals surface area contributed by atoms with Gasteiger partial charge in [-0.25, -0.2) is 4.39 Å². The van der Waals surface area contributed by atoms with Gasteiger partial charge in [0.2, 0.25) is 5.91 Å². The Morgan fingerprint density at radius 1 is 1.23 bits per heavy atom. The average molecular weight is 298 g/mol. The Labute approximate surface area is 129 Å². The molecular weight excluding hydrogens is 279 g/mol. The topological polar surface area (TPSA) is 32.3 Å². The van der Waals surface area contributed by atoms with E-state index in [1.165, 1.54) is 17.7 Å². The molecule has 0 saturated carbocycles. The maximum atomic E-state index is 13.2. The van der Waals surface area contributed by atoms with Gasteiger partial charge in [0.25, 0.3) is 0 Å². The molecule has 0 spiro atoms. The summed E-state index contributed by atoms with van der Waals surface area (Å²) in [5, 5.41) is 2.79. The van der Waals surface area contributed by atoms with Crippen LogP contribution in [-0.2, 0) is 11.2 Å². The van der Waals surface area contributed by atoms with E-state index in [2.05, 4.69) is 22.3 Å². The van der Waals surface area contributed by atoms with Crippen molar-refractivity contribution < 1.29 is 9.18 Å². The van der Waals surface area contributed by atoms with Crippen LogP contribution in [0.1, 0.15) is 18.9 Å². The zero-order chi connectivity index (χ0) is 15.5. The molecule has 0 aliphatic carbocycles. The van der Waals surface area contributed by atoms with Gasteiger partial charge in [-0.05, 0) is 49.6 Å². The number of carbonyl (C=O) groups is 1. The van der Waals surface area contributed by atoms with Gasteiger partial charge in [0.05, 0.1) is 0 Å². The molecule has 1 aliphatic heterocycles. The number of benzene rings is 2. The fourth-order valence-corrected chi connectivity index (χ4v) is 2.92. The third-order valence-corrected chi connectivity index (χ3v) is 4.09. The molecular formula is C18H19FN2O. The van der Waals surface area contributed by atoms with Crippen molar-refractivity contribution in [1.82, 2.24) is 0 Å². The molecule has 3 rings (SSSR count). The number of aryl methyl sites for hydroxylation is 1. The number of halogens is 1. The molecule has 0 fully saturated rings. The molecule has 2 aromatic rings. The van der Waals surface area contributed by atoms with Crippen molar-refractivity contribution >= 4 is 17.3 Å². The van der Waals surface area contributed by atoms with Gasteiger partial charge >= 0.3 is 0 Å². The lowest BCUT2D eigenvalue weighted by Crippen LogP contribution is -2.44. The van der Waals surface area contributed by atoms with Gasteiger partial charge in [-0.1, -0.05) is 24.3 Å². The summed E-state index contributed by atoms with van der Waals surface area (Å²) in [7, 11) is 0. The highest BCUT2D eigenvalue weighted by Gasteiger charge is 2.25. The third-order valence-electron chi connectivity index (χ3n) is 4.09. The van der Waals surface area contributed by atoms with Gasteiger partial charge < -0.3 is 10.2 Å². The second kappa shape index (κ2) is 6.18. The lowest BCUT2D eigenvalue weighted by Gasteiger charge is -2.35. The zero-order valence-electron chi connectivity index (χ0n) is 12.6. The first kappa shape index (κ1) is 14.6. The normalized spacial score (nSPS) is 15.1. The Morgan fingerprint density at radius 2 is 2.05 bits per heavy atom. The smallest absolute Gasteiger partial charge is 0.246 e. The minimum atomic E-state index is -0.353. The Kier molecular flexibility index (Phi) is 4.09. The molecule has 22 heavy (non-hydrogen) atoms. The van der Waals surface area contributed by atoms with Crippen molar-refractivity contribution in [3.63, 3.8) is 0 Å². The predicted octanol–water partition coefficient (Wildman–Crippen LogP) is 3.61. The summed E-state index contributed by atoms with van der Waals surface area (Å²) >= 11 is 0. The number of rotatable bonds is 3. The Bertz CT molecular complexity index is 686. The molecule has 0 saturated heterocycles. The van der Waals surface area contributed by atoms with Crippen LogP contribution in [0.4, 0.5) is 15.8 Å². The van der Waals surface area contributed by atoms with Gasteiger partial charge in [-0.3, -0.25) is 4.79 Å². The molecule has 1 amide bonds. The molecule has 0 bridgehead atoms. The quantitative estimate of drug-likeness (QED) is 0.939. The molecule has 1 aliphatic rings. The summed E-state index contributed by atoms with van der Waals surface area (Å²) in [6.45, 7) is 2.74. The first-order valence-corrected chi connectivity index (χ1v) is 7.56. The van der Waals surface area contributed by atoms with E-state index in [1.54, 1.807) is 12.1 Å². The summed E-state index contributed by atoms with van der Waals surface area (Å²) in [6.07, 6.45) is 2.08. The van der Waals surface area contributed by atoms with Gasteiger partial charge in [0, 0.05) is 17.9 Å². The van der Waals surface area contributed by atoms with Crippen molar-refractivity contribution in [1.29, 1.82) is 0 Å². The summed E-state index contributed by atoms with van der Waals surface area (Å²) in [4.78, 5) is 14.6. The van der Waals surface area contributed by atoms with Crippen LogP contribution in [0.5, 0.6) is 0 Å². The van der Waals surface area contributed by atoms with E-state index in [9.17, 15) is 9.18 Å². The molecule has 1 N–H and O–H groups in total. The molecule has 3 nitrogen and oxygen atoms in total. The lowest BCUT2D eigenvalue weighted by molar-refractivity contribution is -0.117. The lowest BCUT2D eigenvalue weighted by atomic mass is 10.00. The van der Waals surface area contributed by atoms with Crippen molar-refractivity contribution in [3.05, 3.63) is 59.9 Å². The van der Waals surface area contributed by atoms with Crippen LogP contribution in [-0.4, -0.2) is 18.5 Å². The second-order valence-corrected chi connectivity index (χ2v) is 5.60. The summed E-state index contributed by atoms with van der Waals surface area (Å²) in [5.41, 5.74) is 2.89. The van der Waals surface area contributed by atoms with E-state index in [4.69, 9.17) is 0 Å². The third kappa shape index (κ3) is 2.96. The summed E-state index contributed by atoms with van der Waals surface area (Å²) in [6, 6.07) is 13.9. The number of hydrogen-bond donors (Lipinski definition) is 1. The Morgan fingerprint density at radius 3 is 2.86 bits per heavy atom. The standard InChI is InChI=1S/C18H19FN2O/c1-13(18(22)20-16-9-4-8-15(19)12-16)21-11-5-7-14-6-2-3-10-17(14)21/h2-4,6,8-10,12-13H,5,7,11H2,1H3,(H,20,22)/t13-/m0/s1. The molecule has 1 atom stereocenters. The van der Waals surface area contributed by atoms with E-state index in [1.807, 2.05) is 19.1 Å². The molecule has 1 heterocycles. The largest absolute Gasteiger partial charge is 0.360 e. The maximum Gasteiger partial charge on any atom is 0.246 e. The van der Waals surface area contributed by atoms with Crippen LogP contribution in [0, 0.1) is 5.82 Å². The number of nitrogens with one attached hydrogen (secondary N) is 1. The summed E-state index contributed by atoms with van der Waals surface area (Å²) in [5.74, 6) is -0.476. The van der Waals surface area contributed by atoms with Crippen molar-refractivity contribution in [2.24, 2.45) is 0 Å². The fourth-order valence-electron chi connectivity index (χ4n) is 2.92. The van der Waals surface area contributed by atoms with Gasteiger partial charge in [-0.15, -0.1) is 0 Å². The van der Waals surface area contributed by atoms with Gasteiger partial charge in [0.15, 0.2) is 0 Å². The van der Waals surface area contributed by atoms with E-state index in [0.717, 1.165) is 25.1 Å². The molecule has 2 aromatic carbocycles. The van der Waals surface area contributed by atoms with E-state index in [-0.39, 0.29) is 17.8 Å². The molecule has 0 aromatic heterocycles. The predicted molar refractivity (Wildman–Crippen MR) is 86.6 cm³/mol. The van der Waals surface area contributed by atoms with Crippen LogP contribution >= 0.6 is 0 Å². The van der Waals surface area contributed by atoms with Crippen LogP contribution in [0.3, 0.4) is 0 Å². The monoisotopic (exact) mass is 298 g/mol.